The number of hydrogen-bond acceptors (Lipinski definition) is 3. The maximum atomic E-state index is 12.1. The van der Waals surface area contributed by atoms with Crippen LogP contribution in [0, 0.1) is 0 Å². The maximum Gasteiger partial charge on any atom is 0.225 e. The molecule has 4 heteroatoms. The highest BCUT2D eigenvalue weighted by Crippen LogP contribution is 2.23. The summed E-state index contributed by atoms with van der Waals surface area (Å²) in [5.41, 5.74) is 3.56. The molecule has 0 aromatic heterocycles. The fourth-order valence-corrected chi connectivity index (χ4v) is 3.05. The highest BCUT2D eigenvalue weighted by atomic mass is 16.5. The van der Waals surface area contributed by atoms with Gasteiger partial charge in [0.2, 0.25) is 5.91 Å². The number of anilines is 1. The number of benzene rings is 2. The molecule has 2 aromatic carbocycles. The first kappa shape index (κ1) is 15.6. The van der Waals surface area contributed by atoms with E-state index in [4.69, 9.17) is 4.74 Å². The molecule has 0 radical (unpaired) electrons. The predicted octanol–water partition coefficient (Wildman–Crippen LogP) is 2.78. The first-order chi connectivity index (χ1) is 11.3. The zero-order valence-electron chi connectivity index (χ0n) is 13.3. The van der Waals surface area contributed by atoms with Crippen molar-refractivity contribution in [2.75, 3.05) is 19.0 Å². The number of carbonyl (C=O) groups excluding carboxylic acids is 1. The first-order valence-corrected chi connectivity index (χ1v) is 7.99. The molecule has 0 unspecified atom stereocenters. The average Bonchev–Trinajstić information content (AvgIpc) is 2.98. The lowest BCUT2D eigenvalue weighted by Crippen LogP contribution is -2.32. The molecule has 0 fully saturated rings. The van der Waals surface area contributed by atoms with Crippen LogP contribution in [0.2, 0.25) is 0 Å². The average molecular weight is 310 g/mol. The summed E-state index contributed by atoms with van der Waals surface area (Å²) in [5.74, 6) is 0.678. The molecule has 4 nitrogen and oxygen atoms in total. The number of para-hydroxylation sites is 2. The second kappa shape index (κ2) is 7.29. The van der Waals surface area contributed by atoms with Gasteiger partial charge in [0, 0.05) is 19.0 Å². The Kier molecular flexibility index (Phi) is 4.93. The van der Waals surface area contributed by atoms with E-state index in [0.29, 0.717) is 30.4 Å². The van der Waals surface area contributed by atoms with Gasteiger partial charge in [0.1, 0.15) is 5.75 Å². The van der Waals surface area contributed by atoms with Crippen LogP contribution in [0.3, 0.4) is 0 Å². The summed E-state index contributed by atoms with van der Waals surface area (Å²) in [4.78, 5) is 12.1. The van der Waals surface area contributed by atoms with E-state index in [-0.39, 0.29) is 5.91 Å². The van der Waals surface area contributed by atoms with Crippen LogP contribution in [0.15, 0.2) is 48.5 Å². The predicted molar refractivity (Wildman–Crippen MR) is 91.9 cm³/mol. The molecule has 120 valence electrons. The van der Waals surface area contributed by atoms with E-state index in [0.717, 1.165) is 12.8 Å². The van der Waals surface area contributed by atoms with Gasteiger partial charge in [0.25, 0.3) is 0 Å². The molecule has 1 amide bonds. The van der Waals surface area contributed by atoms with E-state index in [2.05, 4.69) is 34.9 Å². The minimum absolute atomic E-state index is 0.00230. The standard InChI is InChI=1S/C19H22N2O2/c1-23-18-9-5-4-8-17(18)21-19(22)10-11-20-16-12-14-6-2-3-7-15(14)13-16/h2-9,16,20H,10-13H2,1H3,(H,21,22). The summed E-state index contributed by atoms with van der Waals surface area (Å²) in [7, 11) is 1.60. The quantitative estimate of drug-likeness (QED) is 0.862. The molecular formula is C19H22N2O2. The summed E-state index contributed by atoms with van der Waals surface area (Å²) in [6.45, 7) is 0.680. The van der Waals surface area contributed by atoms with Gasteiger partial charge in [-0.1, -0.05) is 36.4 Å². The first-order valence-electron chi connectivity index (χ1n) is 7.99. The minimum Gasteiger partial charge on any atom is -0.495 e. The van der Waals surface area contributed by atoms with Gasteiger partial charge in [0.05, 0.1) is 12.8 Å². The highest BCUT2D eigenvalue weighted by Gasteiger charge is 2.20. The van der Waals surface area contributed by atoms with Crippen molar-refractivity contribution in [2.24, 2.45) is 0 Å². The van der Waals surface area contributed by atoms with E-state index in [9.17, 15) is 4.79 Å². The van der Waals surface area contributed by atoms with Crippen molar-refractivity contribution in [1.29, 1.82) is 0 Å². The van der Waals surface area contributed by atoms with Crippen molar-refractivity contribution >= 4 is 11.6 Å². The van der Waals surface area contributed by atoms with Gasteiger partial charge >= 0.3 is 0 Å². The molecule has 0 bridgehead atoms. The zero-order valence-corrected chi connectivity index (χ0v) is 13.3. The summed E-state index contributed by atoms with van der Waals surface area (Å²) < 4.78 is 5.24. The largest absolute Gasteiger partial charge is 0.495 e. The number of amides is 1. The van der Waals surface area contributed by atoms with Crippen molar-refractivity contribution in [1.82, 2.24) is 5.32 Å². The van der Waals surface area contributed by atoms with Crippen molar-refractivity contribution in [3.05, 3.63) is 59.7 Å². The lowest BCUT2D eigenvalue weighted by atomic mass is 10.1. The summed E-state index contributed by atoms with van der Waals surface area (Å²) in [6, 6.07) is 16.4. The van der Waals surface area contributed by atoms with E-state index in [1.807, 2.05) is 24.3 Å². The Hall–Kier alpha value is -2.33. The molecule has 0 saturated carbocycles. The van der Waals surface area contributed by atoms with E-state index in [1.54, 1.807) is 7.11 Å². The molecule has 2 aromatic rings. The number of methoxy groups -OCH3 is 1. The van der Waals surface area contributed by atoms with Crippen LogP contribution in [0.1, 0.15) is 17.5 Å². The molecule has 0 aliphatic heterocycles. The fourth-order valence-electron chi connectivity index (χ4n) is 3.05. The molecule has 1 aliphatic carbocycles. The summed E-state index contributed by atoms with van der Waals surface area (Å²) in [6.07, 6.45) is 2.54. The number of hydrogen-bond donors (Lipinski definition) is 2. The second-order valence-electron chi connectivity index (χ2n) is 5.83. The lowest BCUT2D eigenvalue weighted by molar-refractivity contribution is -0.116. The molecule has 2 N–H and O–H groups in total. The Morgan fingerprint density at radius 1 is 1.09 bits per heavy atom. The molecule has 0 spiro atoms. The van der Waals surface area contributed by atoms with Crippen LogP contribution >= 0.6 is 0 Å². The topological polar surface area (TPSA) is 50.4 Å². The molecule has 23 heavy (non-hydrogen) atoms. The minimum atomic E-state index is -0.00230. The Bertz CT molecular complexity index is 660. The molecule has 0 saturated heterocycles. The van der Waals surface area contributed by atoms with Gasteiger partial charge in [-0.15, -0.1) is 0 Å². The maximum absolute atomic E-state index is 12.1. The van der Waals surface area contributed by atoms with Crippen LogP contribution in [-0.2, 0) is 17.6 Å². The van der Waals surface area contributed by atoms with E-state index >= 15 is 0 Å². The summed E-state index contributed by atoms with van der Waals surface area (Å²) in [5, 5.41) is 6.38. The van der Waals surface area contributed by atoms with Crippen LogP contribution < -0.4 is 15.4 Å². The SMILES string of the molecule is COc1ccccc1NC(=O)CCNC1Cc2ccccc2C1. The normalized spacial score (nSPS) is 13.6. The van der Waals surface area contributed by atoms with Crippen LogP contribution in [-0.4, -0.2) is 25.6 Å². The monoisotopic (exact) mass is 310 g/mol. The third-order valence-electron chi connectivity index (χ3n) is 4.22. The smallest absolute Gasteiger partial charge is 0.225 e. The van der Waals surface area contributed by atoms with E-state index < -0.39 is 0 Å². The number of ether oxygens (including phenoxy) is 1. The molecule has 0 heterocycles. The summed E-state index contributed by atoms with van der Waals surface area (Å²) >= 11 is 0. The number of nitrogens with one attached hydrogen (secondary N) is 2. The van der Waals surface area contributed by atoms with Gasteiger partial charge in [-0.2, -0.15) is 0 Å². The number of fused-ring (bicyclic) bond motifs is 1. The highest BCUT2D eigenvalue weighted by molar-refractivity contribution is 5.92. The Labute approximate surface area is 136 Å². The lowest BCUT2D eigenvalue weighted by Gasteiger charge is -2.13. The molecule has 1 aliphatic rings. The van der Waals surface area contributed by atoms with Crippen molar-refractivity contribution in [2.45, 2.75) is 25.3 Å². The Morgan fingerprint density at radius 3 is 2.43 bits per heavy atom. The van der Waals surface area contributed by atoms with Gasteiger partial charge in [0.15, 0.2) is 0 Å². The molecular weight excluding hydrogens is 288 g/mol. The van der Waals surface area contributed by atoms with Crippen molar-refractivity contribution < 1.29 is 9.53 Å². The Balaban J connectivity index is 1.44. The van der Waals surface area contributed by atoms with E-state index in [1.165, 1.54) is 11.1 Å². The molecule has 0 atom stereocenters. The van der Waals surface area contributed by atoms with Crippen LogP contribution in [0.4, 0.5) is 5.69 Å². The third-order valence-corrected chi connectivity index (χ3v) is 4.22. The van der Waals surface area contributed by atoms with Crippen LogP contribution in [0.25, 0.3) is 0 Å². The molecule has 3 rings (SSSR count). The Morgan fingerprint density at radius 2 is 1.74 bits per heavy atom. The number of carbonyl (C=O) groups is 1. The van der Waals surface area contributed by atoms with Crippen molar-refractivity contribution in [3.63, 3.8) is 0 Å². The third kappa shape index (κ3) is 3.90. The van der Waals surface area contributed by atoms with Gasteiger partial charge in [-0.3, -0.25) is 4.79 Å². The zero-order chi connectivity index (χ0) is 16.1. The van der Waals surface area contributed by atoms with Gasteiger partial charge in [-0.05, 0) is 36.1 Å². The number of rotatable bonds is 6. The van der Waals surface area contributed by atoms with Gasteiger partial charge in [-0.25, -0.2) is 0 Å². The second-order valence-corrected chi connectivity index (χ2v) is 5.83. The van der Waals surface area contributed by atoms with Gasteiger partial charge < -0.3 is 15.4 Å². The fraction of sp³-hybridized carbons (Fsp3) is 0.316. The van der Waals surface area contributed by atoms with Crippen molar-refractivity contribution in [3.8, 4) is 5.75 Å². The van der Waals surface area contributed by atoms with Crippen LogP contribution in [0.5, 0.6) is 5.75 Å².